The van der Waals surface area contributed by atoms with Gasteiger partial charge >= 0.3 is 5.97 Å². The van der Waals surface area contributed by atoms with Crippen molar-refractivity contribution in [3.05, 3.63) is 0 Å². The minimum atomic E-state index is -0.804. The summed E-state index contributed by atoms with van der Waals surface area (Å²) in [5, 5.41) is 12.1. The lowest BCUT2D eigenvalue weighted by molar-refractivity contribution is -0.140. The van der Waals surface area contributed by atoms with E-state index in [0.29, 0.717) is 45.5 Å². The Hall–Kier alpha value is -0.690. The molecule has 106 valence electrons. The van der Waals surface area contributed by atoms with Crippen LogP contribution in [0.2, 0.25) is 0 Å². The third-order valence-electron chi connectivity index (χ3n) is 2.67. The van der Waals surface area contributed by atoms with Crippen molar-refractivity contribution in [2.75, 3.05) is 40.1 Å². The van der Waals surface area contributed by atoms with Crippen molar-refractivity contribution in [3.8, 4) is 0 Å². The van der Waals surface area contributed by atoms with E-state index >= 15 is 0 Å². The predicted octanol–water partition coefficient (Wildman–Crippen LogP) is 0.261. The van der Waals surface area contributed by atoms with Crippen LogP contribution < -0.4 is 5.32 Å². The molecule has 0 spiro atoms. The first-order valence-electron chi connectivity index (χ1n) is 6.37. The van der Waals surface area contributed by atoms with E-state index < -0.39 is 12.0 Å². The van der Waals surface area contributed by atoms with Crippen LogP contribution in [0.15, 0.2) is 0 Å². The molecule has 0 aromatic heterocycles. The van der Waals surface area contributed by atoms with Crippen LogP contribution in [0.1, 0.15) is 19.3 Å². The lowest BCUT2D eigenvalue weighted by Gasteiger charge is -2.13. The second-order valence-electron chi connectivity index (χ2n) is 4.34. The van der Waals surface area contributed by atoms with Crippen LogP contribution in [0.25, 0.3) is 0 Å². The molecule has 0 aromatic carbocycles. The van der Waals surface area contributed by atoms with Crippen molar-refractivity contribution in [3.63, 3.8) is 0 Å². The summed E-state index contributed by atoms with van der Waals surface area (Å²) in [4.78, 5) is 10.9. The van der Waals surface area contributed by atoms with Crippen LogP contribution in [0.3, 0.4) is 0 Å². The molecule has 0 radical (unpaired) electrons. The fourth-order valence-electron chi connectivity index (χ4n) is 1.48. The molecule has 1 rings (SSSR count). The summed E-state index contributed by atoms with van der Waals surface area (Å²) in [5.41, 5.74) is 0. The molecule has 0 bridgehead atoms. The number of hydrogen-bond acceptors (Lipinski definition) is 5. The van der Waals surface area contributed by atoms with Gasteiger partial charge in [0.25, 0.3) is 0 Å². The topological polar surface area (TPSA) is 77.0 Å². The Labute approximate surface area is 108 Å². The highest BCUT2D eigenvalue weighted by molar-refractivity contribution is 5.73. The lowest BCUT2D eigenvalue weighted by atomic mass is 10.2. The quantitative estimate of drug-likeness (QED) is 0.491. The van der Waals surface area contributed by atoms with Gasteiger partial charge in [-0.1, -0.05) is 0 Å². The minimum Gasteiger partial charge on any atom is -0.480 e. The van der Waals surface area contributed by atoms with E-state index in [1.807, 2.05) is 0 Å². The number of methoxy groups -OCH3 is 1. The molecule has 1 fully saturated rings. The number of nitrogens with one attached hydrogen (secondary N) is 1. The van der Waals surface area contributed by atoms with Crippen LogP contribution in [-0.2, 0) is 19.0 Å². The van der Waals surface area contributed by atoms with E-state index in [4.69, 9.17) is 19.3 Å². The number of hydrogen-bond donors (Lipinski definition) is 2. The van der Waals surface area contributed by atoms with E-state index in [0.717, 1.165) is 12.8 Å². The Bertz CT molecular complexity index is 233. The van der Waals surface area contributed by atoms with Crippen LogP contribution in [0.5, 0.6) is 0 Å². The molecule has 2 N–H and O–H groups in total. The van der Waals surface area contributed by atoms with Crippen LogP contribution in [0.4, 0.5) is 0 Å². The number of carboxylic acid groups (broad SMARTS) is 1. The van der Waals surface area contributed by atoms with Gasteiger partial charge in [0, 0.05) is 19.8 Å². The summed E-state index contributed by atoms with van der Waals surface area (Å²) in [6.45, 7) is 2.56. The molecule has 0 amide bonds. The number of carboxylic acids is 1. The van der Waals surface area contributed by atoms with Gasteiger partial charge in [0.1, 0.15) is 6.04 Å². The molecule has 0 aromatic rings. The van der Waals surface area contributed by atoms with Crippen molar-refractivity contribution < 1.29 is 24.1 Å². The third kappa shape index (κ3) is 7.60. The number of carbonyl (C=O) groups is 1. The van der Waals surface area contributed by atoms with Gasteiger partial charge in [0.05, 0.1) is 26.4 Å². The van der Waals surface area contributed by atoms with Gasteiger partial charge in [-0.15, -0.1) is 0 Å². The van der Waals surface area contributed by atoms with Crippen LogP contribution >= 0.6 is 0 Å². The number of ether oxygens (including phenoxy) is 3. The standard InChI is InChI=1S/C12H23NO5/c1-16-6-7-18-9-8-17-5-4-11(12(14)15)13-10-2-3-10/h10-11,13H,2-9H2,1H3,(H,14,15). The molecule has 1 aliphatic carbocycles. The van der Waals surface area contributed by atoms with E-state index in [1.165, 1.54) is 0 Å². The zero-order valence-electron chi connectivity index (χ0n) is 10.9. The predicted molar refractivity (Wildman–Crippen MR) is 65.7 cm³/mol. The fraction of sp³-hybridized carbons (Fsp3) is 0.917. The van der Waals surface area contributed by atoms with E-state index in [2.05, 4.69) is 5.32 Å². The van der Waals surface area contributed by atoms with Gasteiger partial charge in [-0.25, -0.2) is 0 Å². The molecular weight excluding hydrogens is 238 g/mol. The summed E-state index contributed by atoms with van der Waals surface area (Å²) in [5.74, 6) is -0.804. The number of rotatable bonds is 12. The second-order valence-corrected chi connectivity index (χ2v) is 4.34. The highest BCUT2D eigenvalue weighted by Gasteiger charge is 2.27. The SMILES string of the molecule is COCCOCCOCCC(NC1CC1)C(=O)O. The first-order valence-corrected chi connectivity index (χ1v) is 6.37. The minimum absolute atomic E-state index is 0.392. The maximum Gasteiger partial charge on any atom is 0.320 e. The smallest absolute Gasteiger partial charge is 0.320 e. The summed E-state index contributed by atoms with van der Waals surface area (Å²) in [7, 11) is 1.62. The normalized spacial score (nSPS) is 16.7. The van der Waals surface area contributed by atoms with E-state index in [9.17, 15) is 4.79 Å². The summed E-state index contributed by atoms with van der Waals surface area (Å²) >= 11 is 0. The van der Waals surface area contributed by atoms with Gasteiger partial charge in [0.15, 0.2) is 0 Å². The van der Waals surface area contributed by atoms with Crippen LogP contribution in [-0.4, -0.2) is 63.3 Å². The Morgan fingerprint density at radius 1 is 1.22 bits per heavy atom. The average molecular weight is 261 g/mol. The van der Waals surface area contributed by atoms with E-state index in [-0.39, 0.29) is 0 Å². The highest BCUT2D eigenvalue weighted by Crippen LogP contribution is 2.19. The zero-order valence-corrected chi connectivity index (χ0v) is 10.9. The van der Waals surface area contributed by atoms with E-state index in [1.54, 1.807) is 7.11 Å². The first-order chi connectivity index (χ1) is 8.74. The second kappa shape index (κ2) is 9.27. The van der Waals surface area contributed by atoms with Crippen molar-refractivity contribution in [1.82, 2.24) is 5.32 Å². The zero-order chi connectivity index (χ0) is 13.2. The molecule has 6 nitrogen and oxygen atoms in total. The molecule has 6 heteroatoms. The molecule has 18 heavy (non-hydrogen) atoms. The fourth-order valence-corrected chi connectivity index (χ4v) is 1.48. The average Bonchev–Trinajstić information content (AvgIpc) is 3.14. The summed E-state index contributed by atoms with van der Waals surface area (Å²) in [6, 6.07) is -0.101. The largest absolute Gasteiger partial charge is 0.480 e. The third-order valence-corrected chi connectivity index (χ3v) is 2.67. The maximum atomic E-state index is 10.9. The molecule has 0 aliphatic heterocycles. The monoisotopic (exact) mass is 261 g/mol. The first kappa shape index (κ1) is 15.4. The van der Waals surface area contributed by atoms with Crippen molar-refractivity contribution in [2.24, 2.45) is 0 Å². The van der Waals surface area contributed by atoms with Gasteiger partial charge in [0.2, 0.25) is 0 Å². The Balaban J connectivity index is 1.92. The van der Waals surface area contributed by atoms with Crippen molar-refractivity contribution in [2.45, 2.75) is 31.3 Å². The Kier molecular flexibility index (Phi) is 7.91. The molecule has 1 atom stereocenters. The van der Waals surface area contributed by atoms with Gasteiger partial charge in [-0.05, 0) is 19.3 Å². The molecule has 1 saturated carbocycles. The molecule has 0 saturated heterocycles. The van der Waals surface area contributed by atoms with Gasteiger partial charge in [-0.3, -0.25) is 4.79 Å². The van der Waals surface area contributed by atoms with Crippen LogP contribution in [0, 0.1) is 0 Å². The van der Waals surface area contributed by atoms with Crippen molar-refractivity contribution >= 4 is 5.97 Å². The Morgan fingerprint density at radius 2 is 1.83 bits per heavy atom. The summed E-state index contributed by atoms with van der Waals surface area (Å²) < 4.78 is 15.4. The van der Waals surface area contributed by atoms with Gasteiger partial charge in [-0.2, -0.15) is 0 Å². The van der Waals surface area contributed by atoms with Gasteiger partial charge < -0.3 is 24.6 Å². The highest BCUT2D eigenvalue weighted by atomic mass is 16.5. The molecule has 0 heterocycles. The number of aliphatic carboxylic acids is 1. The molecule has 1 unspecified atom stereocenters. The maximum absolute atomic E-state index is 10.9. The van der Waals surface area contributed by atoms with Crippen molar-refractivity contribution in [1.29, 1.82) is 0 Å². The molecular formula is C12H23NO5. The summed E-state index contributed by atoms with van der Waals surface area (Å²) in [6.07, 6.45) is 2.65. The Morgan fingerprint density at radius 3 is 2.39 bits per heavy atom. The lowest BCUT2D eigenvalue weighted by Crippen LogP contribution is -2.39. The molecule has 1 aliphatic rings.